The Morgan fingerprint density at radius 3 is 1.80 bits per heavy atom. The molecule has 0 saturated carbocycles. The van der Waals surface area contributed by atoms with Crippen LogP contribution >= 0.6 is 12.2 Å². The lowest BCUT2D eigenvalue weighted by Crippen LogP contribution is -2.33. The first kappa shape index (κ1) is 19.9. The van der Waals surface area contributed by atoms with Crippen molar-refractivity contribution in [1.29, 1.82) is 0 Å². The van der Waals surface area contributed by atoms with E-state index in [2.05, 4.69) is 46.4 Å². The Balaban J connectivity index is 4.17. The van der Waals surface area contributed by atoms with Crippen LogP contribution in [0.2, 0.25) is 0 Å². The van der Waals surface area contributed by atoms with Gasteiger partial charge in [-0.25, -0.2) is 0 Å². The molecule has 0 atom stereocenters. The predicted octanol–water partition coefficient (Wildman–Crippen LogP) is 4.47. The molecule has 2 nitrogen and oxygen atoms in total. The van der Waals surface area contributed by atoms with E-state index in [1.54, 1.807) is 0 Å². The summed E-state index contributed by atoms with van der Waals surface area (Å²) in [4.78, 5) is 3.27. The number of nitrogens with zero attached hydrogens (tertiary/aromatic N) is 1. The molecule has 3 heteroatoms. The molecule has 0 aliphatic rings. The average Bonchev–Trinajstić information content (AvgIpc) is 2.31. The van der Waals surface area contributed by atoms with Crippen molar-refractivity contribution in [3.63, 3.8) is 0 Å². The zero-order valence-electron chi connectivity index (χ0n) is 14.5. The Bertz CT molecular complexity index is 260. The highest BCUT2D eigenvalue weighted by atomic mass is 32.1. The second-order valence-electron chi connectivity index (χ2n) is 7.56. The molecule has 0 unspecified atom stereocenters. The van der Waals surface area contributed by atoms with Crippen molar-refractivity contribution in [3.8, 4) is 0 Å². The molecule has 2 N–H and O–H groups in total. The summed E-state index contributed by atoms with van der Waals surface area (Å²) in [5.41, 5.74) is 5.80. The molecular formula is C17H36N2S. The summed E-state index contributed by atoms with van der Waals surface area (Å²) in [6, 6.07) is 0. The monoisotopic (exact) mass is 300 g/mol. The van der Waals surface area contributed by atoms with Gasteiger partial charge in [0.2, 0.25) is 0 Å². The van der Waals surface area contributed by atoms with Crippen LogP contribution in [0.25, 0.3) is 0 Å². The number of hydrogen-bond acceptors (Lipinski definition) is 2. The molecule has 0 aromatic rings. The molecule has 0 saturated heterocycles. The summed E-state index contributed by atoms with van der Waals surface area (Å²) in [6.07, 6.45) is 4.84. The van der Waals surface area contributed by atoms with Crippen molar-refractivity contribution in [2.45, 2.75) is 67.2 Å². The molecule has 0 amide bonds. The van der Waals surface area contributed by atoms with Gasteiger partial charge < -0.3 is 10.6 Å². The minimum absolute atomic E-state index is 0.00288. The van der Waals surface area contributed by atoms with E-state index in [0.717, 1.165) is 18.3 Å². The first-order valence-corrected chi connectivity index (χ1v) is 8.58. The van der Waals surface area contributed by atoms with Crippen LogP contribution in [0, 0.1) is 17.3 Å². The van der Waals surface area contributed by atoms with Crippen molar-refractivity contribution < 1.29 is 0 Å². The van der Waals surface area contributed by atoms with Gasteiger partial charge in [-0.05, 0) is 57.2 Å². The predicted molar refractivity (Wildman–Crippen MR) is 95.2 cm³/mol. The summed E-state index contributed by atoms with van der Waals surface area (Å²) in [5, 5.41) is 0. The number of thiocarbonyl (C=S) groups is 1. The Morgan fingerprint density at radius 2 is 1.45 bits per heavy atom. The highest BCUT2D eigenvalue weighted by Crippen LogP contribution is 2.23. The van der Waals surface area contributed by atoms with Gasteiger partial charge in [-0.3, -0.25) is 0 Å². The third kappa shape index (κ3) is 9.71. The minimum Gasteiger partial charge on any atom is -0.393 e. The average molecular weight is 301 g/mol. The minimum atomic E-state index is -0.00288. The molecule has 0 radical (unpaired) electrons. The second kappa shape index (κ2) is 9.73. The van der Waals surface area contributed by atoms with Crippen LogP contribution in [0.5, 0.6) is 0 Å². The van der Waals surface area contributed by atoms with Crippen molar-refractivity contribution in [2.75, 3.05) is 19.6 Å². The lowest BCUT2D eigenvalue weighted by atomic mass is 9.88. The van der Waals surface area contributed by atoms with Crippen LogP contribution in [0.3, 0.4) is 0 Å². The zero-order chi connectivity index (χ0) is 15.8. The standard InChI is InChI=1S/C17H36N2S/c1-14(2)8-12-19(13-9-15(3)4)11-7-10-17(5,6)16(18)20/h14-15H,7-13H2,1-6H3,(H2,18,20). The van der Waals surface area contributed by atoms with E-state index in [1.165, 1.54) is 38.9 Å². The molecule has 0 bridgehead atoms. The molecule has 120 valence electrons. The van der Waals surface area contributed by atoms with Crippen LogP contribution in [0.4, 0.5) is 0 Å². The van der Waals surface area contributed by atoms with Gasteiger partial charge in [0.05, 0.1) is 4.99 Å². The van der Waals surface area contributed by atoms with Gasteiger partial charge in [0.15, 0.2) is 0 Å². The van der Waals surface area contributed by atoms with E-state index in [9.17, 15) is 0 Å². The van der Waals surface area contributed by atoms with Crippen molar-refractivity contribution >= 4 is 17.2 Å². The highest BCUT2D eigenvalue weighted by molar-refractivity contribution is 7.80. The van der Waals surface area contributed by atoms with Crippen molar-refractivity contribution in [1.82, 2.24) is 4.90 Å². The van der Waals surface area contributed by atoms with E-state index in [-0.39, 0.29) is 5.41 Å². The largest absolute Gasteiger partial charge is 0.393 e. The summed E-state index contributed by atoms with van der Waals surface area (Å²) < 4.78 is 0. The molecular weight excluding hydrogens is 264 g/mol. The molecule has 0 fully saturated rings. The van der Waals surface area contributed by atoms with E-state index >= 15 is 0 Å². The van der Waals surface area contributed by atoms with E-state index < -0.39 is 0 Å². The van der Waals surface area contributed by atoms with Gasteiger partial charge in [0, 0.05) is 5.41 Å². The second-order valence-corrected chi connectivity index (χ2v) is 8.00. The molecule has 0 aliphatic heterocycles. The fourth-order valence-electron chi connectivity index (χ4n) is 2.08. The number of nitrogens with two attached hydrogens (primary N) is 1. The molecule has 0 rings (SSSR count). The van der Waals surface area contributed by atoms with Crippen LogP contribution in [0.15, 0.2) is 0 Å². The van der Waals surface area contributed by atoms with Crippen LogP contribution < -0.4 is 5.73 Å². The van der Waals surface area contributed by atoms with Crippen LogP contribution in [-0.2, 0) is 0 Å². The quantitative estimate of drug-likeness (QED) is 0.571. The summed E-state index contributed by atoms with van der Waals surface area (Å²) in [7, 11) is 0. The molecule has 0 aromatic carbocycles. The maximum atomic E-state index is 5.80. The van der Waals surface area contributed by atoms with Gasteiger partial charge in [-0.1, -0.05) is 53.8 Å². The van der Waals surface area contributed by atoms with E-state index in [0.29, 0.717) is 4.99 Å². The van der Waals surface area contributed by atoms with Gasteiger partial charge in [0.1, 0.15) is 0 Å². The Kier molecular flexibility index (Phi) is 9.65. The highest BCUT2D eigenvalue weighted by Gasteiger charge is 2.21. The summed E-state index contributed by atoms with van der Waals surface area (Å²) in [5.74, 6) is 1.56. The van der Waals surface area contributed by atoms with Gasteiger partial charge in [-0.2, -0.15) is 0 Å². The fraction of sp³-hybridized carbons (Fsp3) is 0.941. The Labute approximate surface area is 132 Å². The Morgan fingerprint density at radius 1 is 1.00 bits per heavy atom. The maximum Gasteiger partial charge on any atom is 0.0784 e. The molecule has 20 heavy (non-hydrogen) atoms. The SMILES string of the molecule is CC(C)CCN(CCCC(C)(C)C(N)=S)CCC(C)C. The number of hydrogen-bond donors (Lipinski definition) is 1. The van der Waals surface area contributed by atoms with Gasteiger partial charge in [0.25, 0.3) is 0 Å². The van der Waals surface area contributed by atoms with Crippen molar-refractivity contribution in [3.05, 3.63) is 0 Å². The van der Waals surface area contributed by atoms with Crippen LogP contribution in [-0.4, -0.2) is 29.5 Å². The van der Waals surface area contributed by atoms with Crippen LogP contribution in [0.1, 0.15) is 67.2 Å². The Hall–Kier alpha value is -0.150. The van der Waals surface area contributed by atoms with Crippen molar-refractivity contribution in [2.24, 2.45) is 23.0 Å². The maximum absolute atomic E-state index is 5.80. The van der Waals surface area contributed by atoms with Gasteiger partial charge in [-0.15, -0.1) is 0 Å². The third-order valence-corrected chi connectivity index (χ3v) is 4.54. The normalized spacial score (nSPS) is 12.7. The van der Waals surface area contributed by atoms with E-state index in [4.69, 9.17) is 18.0 Å². The van der Waals surface area contributed by atoms with Gasteiger partial charge >= 0.3 is 0 Å². The first-order valence-electron chi connectivity index (χ1n) is 8.17. The lowest BCUT2D eigenvalue weighted by molar-refractivity contribution is 0.232. The summed E-state index contributed by atoms with van der Waals surface area (Å²) in [6.45, 7) is 17.1. The smallest absolute Gasteiger partial charge is 0.0784 e. The third-order valence-electron chi connectivity index (χ3n) is 3.99. The summed E-state index contributed by atoms with van der Waals surface area (Å²) >= 11 is 5.15. The lowest BCUT2D eigenvalue weighted by Gasteiger charge is -2.27. The molecule has 0 aromatic heterocycles. The number of rotatable bonds is 11. The van der Waals surface area contributed by atoms with E-state index in [1.807, 2.05) is 0 Å². The molecule has 0 heterocycles. The fourth-order valence-corrected chi connectivity index (χ4v) is 2.19. The zero-order valence-corrected chi connectivity index (χ0v) is 15.4. The topological polar surface area (TPSA) is 29.3 Å². The molecule has 0 spiro atoms. The molecule has 0 aliphatic carbocycles. The first-order chi connectivity index (χ1) is 9.15.